The summed E-state index contributed by atoms with van der Waals surface area (Å²) in [5.74, 6) is 1.56. The van der Waals surface area contributed by atoms with Gasteiger partial charge in [-0.15, -0.1) is 0 Å². The van der Waals surface area contributed by atoms with Gasteiger partial charge in [0.05, 0.1) is 0 Å². The second-order valence-electron chi connectivity index (χ2n) is 6.57. The molecule has 2 saturated carbocycles. The number of aliphatic hydroxyl groups is 1. The van der Waals surface area contributed by atoms with Crippen molar-refractivity contribution < 1.29 is 9.90 Å². The highest BCUT2D eigenvalue weighted by Gasteiger charge is 2.42. The minimum Gasteiger partial charge on any atom is -0.382 e. The van der Waals surface area contributed by atoms with Gasteiger partial charge in [0.15, 0.2) is 5.78 Å². The molecule has 0 aromatic carbocycles. The van der Waals surface area contributed by atoms with Crippen molar-refractivity contribution in [3.63, 3.8) is 0 Å². The summed E-state index contributed by atoms with van der Waals surface area (Å²) in [5, 5.41) is 10.5. The van der Waals surface area contributed by atoms with Crippen molar-refractivity contribution in [2.24, 2.45) is 17.8 Å². The van der Waals surface area contributed by atoms with Crippen LogP contribution in [0.1, 0.15) is 65.2 Å². The molecule has 0 aliphatic heterocycles. The zero-order valence-corrected chi connectivity index (χ0v) is 11.2. The van der Waals surface area contributed by atoms with Gasteiger partial charge in [-0.3, -0.25) is 4.79 Å². The van der Waals surface area contributed by atoms with Crippen LogP contribution >= 0.6 is 0 Å². The molecule has 98 valence electrons. The third-order valence-corrected chi connectivity index (χ3v) is 4.69. The van der Waals surface area contributed by atoms with Crippen molar-refractivity contribution in [3.05, 3.63) is 0 Å². The van der Waals surface area contributed by atoms with Crippen LogP contribution in [0.5, 0.6) is 0 Å². The fourth-order valence-electron chi connectivity index (χ4n) is 3.92. The van der Waals surface area contributed by atoms with Crippen LogP contribution in [-0.4, -0.2) is 16.5 Å². The van der Waals surface area contributed by atoms with Crippen molar-refractivity contribution in [3.8, 4) is 0 Å². The molecule has 0 radical (unpaired) electrons. The van der Waals surface area contributed by atoms with Crippen LogP contribution in [0.25, 0.3) is 0 Å². The second kappa shape index (κ2) is 5.09. The summed E-state index contributed by atoms with van der Waals surface area (Å²) in [6.07, 6.45) is 7.82. The Hall–Kier alpha value is -0.370. The highest BCUT2D eigenvalue weighted by Crippen LogP contribution is 2.39. The molecule has 0 heterocycles. The number of carbonyl (C=O) groups excluding carboxylic acids is 1. The maximum Gasteiger partial charge on any atom is 0.167 e. The maximum atomic E-state index is 12.5. The Kier molecular flexibility index (Phi) is 3.92. The number of ketones is 1. The lowest BCUT2D eigenvalue weighted by Gasteiger charge is -2.37. The smallest absolute Gasteiger partial charge is 0.167 e. The summed E-state index contributed by atoms with van der Waals surface area (Å²) in [5.41, 5.74) is -0.973. The molecule has 2 aliphatic rings. The van der Waals surface area contributed by atoms with E-state index in [0.29, 0.717) is 24.7 Å². The van der Waals surface area contributed by atoms with Crippen molar-refractivity contribution in [2.75, 3.05) is 0 Å². The predicted molar refractivity (Wildman–Crippen MR) is 68.7 cm³/mol. The fourth-order valence-corrected chi connectivity index (χ4v) is 3.92. The Morgan fingerprint density at radius 1 is 1.00 bits per heavy atom. The van der Waals surface area contributed by atoms with Gasteiger partial charge < -0.3 is 5.11 Å². The third kappa shape index (κ3) is 2.90. The van der Waals surface area contributed by atoms with Crippen molar-refractivity contribution in [1.29, 1.82) is 0 Å². The number of Topliss-reactive ketones (excluding diaryl/α,β-unsaturated/α-hetero) is 1. The van der Waals surface area contributed by atoms with Gasteiger partial charge in [-0.2, -0.15) is 0 Å². The first kappa shape index (κ1) is 13.1. The Bertz CT molecular complexity index is 269. The molecule has 0 amide bonds. The summed E-state index contributed by atoms with van der Waals surface area (Å²) < 4.78 is 0. The molecule has 2 rings (SSSR count). The normalized spacial score (nSPS) is 37.7. The molecule has 2 atom stereocenters. The van der Waals surface area contributed by atoms with Crippen LogP contribution in [0.3, 0.4) is 0 Å². The Labute approximate surface area is 105 Å². The second-order valence-corrected chi connectivity index (χ2v) is 6.57. The van der Waals surface area contributed by atoms with Crippen molar-refractivity contribution in [1.82, 2.24) is 0 Å². The maximum absolute atomic E-state index is 12.5. The highest BCUT2D eigenvalue weighted by atomic mass is 16.3. The summed E-state index contributed by atoms with van der Waals surface area (Å²) in [6.45, 7) is 4.47. The van der Waals surface area contributed by atoms with Crippen molar-refractivity contribution >= 4 is 5.78 Å². The minimum atomic E-state index is -0.973. The average Bonchev–Trinajstić information content (AvgIpc) is 2.27. The van der Waals surface area contributed by atoms with E-state index >= 15 is 0 Å². The lowest BCUT2D eigenvalue weighted by atomic mass is 9.69. The molecule has 2 fully saturated rings. The van der Waals surface area contributed by atoms with E-state index < -0.39 is 5.60 Å². The van der Waals surface area contributed by atoms with Crippen LogP contribution in [0.2, 0.25) is 0 Å². The van der Waals surface area contributed by atoms with Gasteiger partial charge >= 0.3 is 0 Å². The molecule has 1 N–H and O–H groups in total. The minimum absolute atomic E-state index is 0.122. The van der Waals surface area contributed by atoms with E-state index in [4.69, 9.17) is 0 Å². The molecular formula is C15H26O2. The van der Waals surface area contributed by atoms with Gasteiger partial charge in [0.25, 0.3) is 0 Å². The molecule has 0 aromatic rings. The Balaban J connectivity index is 2.03. The number of rotatable bonds is 2. The fraction of sp³-hybridized carbons (Fsp3) is 0.933. The van der Waals surface area contributed by atoms with Crippen LogP contribution in [0.4, 0.5) is 0 Å². The van der Waals surface area contributed by atoms with E-state index in [0.717, 1.165) is 25.7 Å². The molecule has 17 heavy (non-hydrogen) atoms. The first-order valence-electron chi connectivity index (χ1n) is 7.28. The van der Waals surface area contributed by atoms with E-state index in [2.05, 4.69) is 13.8 Å². The van der Waals surface area contributed by atoms with Crippen LogP contribution in [-0.2, 0) is 4.79 Å². The molecular weight excluding hydrogens is 212 g/mol. The summed E-state index contributed by atoms with van der Waals surface area (Å²) in [6, 6.07) is 0. The standard InChI is InChI=1S/C15H26O2/c1-11-8-12(2)10-13(9-11)14(16)15(17)6-4-3-5-7-15/h11-13,17H,3-10H2,1-2H3. The SMILES string of the molecule is CC1CC(C)CC(C(=O)C2(O)CCCCC2)C1. The van der Waals surface area contributed by atoms with Gasteiger partial charge in [-0.1, -0.05) is 33.1 Å². The molecule has 2 nitrogen and oxygen atoms in total. The molecule has 0 bridgehead atoms. The molecule has 2 aliphatic carbocycles. The largest absolute Gasteiger partial charge is 0.382 e. The van der Waals surface area contributed by atoms with Crippen LogP contribution in [0.15, 0.2) is 0 Å². The quantitative estimate of drug-likeness (QED) is 0.801. The molecule has 0 aromatic heterocycles. The molecule has 2 unspecified atom stereocenters. The van der Waals surface area contributed by atoms with Gasteiger partial charge in [0.2, 0.25) is 0 Å². The van der Waals surface area contributed by atoms with Gasteiger partial charge in [-0.25, -0.2) is 0 Å². The lowest BCUT2D eigenvalue weighted by Crippen LogP contribution is -2.45. The summed E-state index contributed by atoms with van der Waals surface area (Å²) >= 11 is 0. The zero-order chi connectivity index (χ0) is 12.5. The Morgan fingerprint density at radius 3 is 2.06 bits per heavy atom. The highest BCUT2D eigenvalue weighted by molar-refractivity contribution is 5.89. The number of carbonyl (C=O) groups is 1. The van der Waals surface area contributed by atoms with E-state index in [-0.39, 0.29) is 11.7 Å². The molecule has 0 spiro atoms. The van der Waals surface area contributed by atoms with Gasteiger partial charge in [0, 0.05) is 5.92 Å². The van der Waals surface area contributed by atoms with Crippen LogP contribution < -0.4 is 0 Å². The molecule has 2 heteroatoms. The summed E-state index contributed by atoms with van der Waals surface area (Å²) in [4.78, 5) is 12.5. The van der Waals surface area contributed by atoms with Gasteiger partial charge in [-0.05, 0) is 43.9 Å². The molecule has 0 saturated heterocycles. The average molecular weight is 238 g/mol. The zero-order valence-electron chi connectivity index (χ0n) is 11.2. The van der Waals surface area contributed by atoms with Crippen molar-refractivity contribution in [2.45, 2.75) is 70.8 Å². The Morgan fingerprint density at radius 2 is 1.53 bits per heavy atom. The third-order valence-electron chi connectivity index (χ3n) is 4.69. The summed E-state index contributed by atoms with van der Waals surface area (Å²) in [7, 11) is 0. The van der Waals surface area contributed by atoms with E-state index in [1.54, 1.807) is 0 Å². The number of hydrogen-bond acceptors (Lipinski definition) is 2. The monoisotopic (exact) mass is 238 g/mol. The predicted octanol–water partition coefficient (Wildman–Crippen LogP) is 3.32. The van der Waals surface area contributed by atoms with Crippen LogP contribution in [0, 0.1) is 17.8 Å². The lowest BCUT2D eigenvalue weighted by molar-refractivity contribution is -0.147. The van der Waals surface area contributed by atoms with E-state index in [9.17, 15) is 9.90 Å². The van der Waals surface area contributed by atoms with Gasteiger partial charge in [0.1, 0.15) is 5.60 Å². The van der Waals surface area contributed by atoms with E-state index in [1.807, 2.05) is 0 Å². The van der Waals surface area contributed by atoms with E-state index in [1.165, 1.54) is 12.8 Å². The first-order valence-corrected chi connectivity index (χ1v) is 7.28. The number of hydrogen-bond donors (Lipinski definition) is 1. The topological polar surface area (TPSA) is 37.3 Å². The first-order chi connectivity index (χ1) is 8.01.